The molecule has 3 heterocycles. The SMILES string of the molecule is CO[C@H]1COC[C@H]1n1c(C(N)=O)cc2cnc(SC)nc21. The van der Waals surface area contributed by atoms with Gasteiger partial charge in [-0.1, -0.05) is 11.8 Å². The lowest BCUT2D eigenvalue weighted by Gasteiger charge is -2.20. The minimum Gasteiger partial charge on any atom is -0.377 e. The van der Waals surface area contributed by atoms with Crippen molar-refractivity contribution in [3.05, 3.63) is 18.0 Å². The highest BCUT2D eigenvalue weighted by Gasteiger charge is 2.33. The number of aromatic nitrogens is 3. The topological polar surface area (TPSA) is 92.3 Å². The van der Waals surface area contributed by atoms with Crippen molar-refractivity contribution in [1.82, 2.24) is 14.5 Å². The van der Waals surface area contributed by atoms with Crippen LogP contribution in [0.4, 0.5) is 0 Å². The number of amides is 1. The van der Waals surface area contributed by atoms with E-state index in [1.165, 1.54) is 11.8 Å². The van der Waals surface area contributed by atoms with E-state index in [9.17, 15) is 4.79 Å². The van der Waals surface area contributed by atoms with Gasteiger partial charge in [0.15, 0.2) is 5.16 Å². The van der Waals surface area contributed by atoms with Gasteiger partial charge in [-0.2, -0.15) is 0 Å². The number of carbonyl (C=O) groups is 1. The summed E-state index contributed by atoms with van der Waals surface area (Å²) in [5.41, 5.74) is 6.59. The zero-order chi connectivity index (χ0) is 15.0. The van der Waals surface area contributed by atoms with Crippen LogP contribution in [-0.2, 0) is 9.47 Å². The van der Waals surface area contributed by atoms with Crippen molar-refractivity contribution < 1.29 is 14.3 Å². The molecule has 0 aliphatic carbocycles. The van der Waals surface area contributed by atoms with E-state index in [4.69, 9.17) is 15.2 Å². The lowest BCUT2D eigenvalue weighted by molar-refractivity contribution is 0.0683. The number of hydrogen-bond acceptors (Lipinski definition) is 6. The fraction of sp³-hybridized carbons (Fsp3) is 0.462. The summed E-state index contributed by atoms with van der Waals surface area (Å²) in [5, 5.41) is 1.43. The Morgan fingerprint density at radius 2 is 2.38 bits per heavy atom. The summed E-state index contributed by atoms with van der Waals surface area (Å²) in [6.45, 7) is 0.945. The van der Waals surface area contributed by atoms with E-state index in [2.05, 4.69) is 9.97 Å². The van der Waals surface area contributed by atoms with E-state index in [1.807, 2.05) is 10.8 Å². The zero-order valence-corrected chi connectivity index (χ0v) is 12.6. The molecule has 2 aromatic heterocycles. The highest BCUT2D eigenvalue weighted by Crippen LogP contribution is 2.29. The normalized spacial score (nSPS) is 22.0. The number of rotatable bonds is 4. The molecular formula is C13H16N4O3S. The predicted molar refractivity (Wildman–Crippen MR) is 78.5 cm³/mol. The second kappa shape index (κ2) is 5.63. The lowest BCUT2D eigenvalue weighted by atomic mass is 10.2. The third kappa shape index (κ3) is 2.39. The van der Waals surface area contributed by atoms with Crippen LogP contribution in [-0.4, -0.2) is 53.1 Å². The number of ether oxygens (including phenoxy) is 2. The van der Waals surface area contributed by atoms with Crippen molar-refractivity contribution in [2.75, 3.05) is 26.6 Å². The van der Waals surface area contributed by atoms with Crippen molar-refractivity contribution in [1.29, 1.82) is 0 Å². The monoisotopic (exact) mass is 308 g/mol. The molecule has 2 aromatic rings. The number of fused-ring (bicyclic) bond motifs is 1. The van der Waals surface area contributed by atoms with Gasteiger partial charge in [0.2, 0.25) is 0 Å². The van der Waals surface area contributed by atoms with E-state index in [-0.39, 0.29) is 12.1 Å². The number of carbonyl (C=O) groups excluding carboxylic acids is 1. The zero-order valence-electron chi connectivity index (χ0n) is 11.8. The molecule has 1 amide bonds. The summed E-state index contributed by atoms with van der Waals surface area (Å²) in [5.74, 6) is -0.500. The van der Waals surface area contributed by atoms with Crippen molar-refractivity contribution in [3.8, 4) is 0 Å². The molecule has 0 spiro atoms. The molecule has 0 unspecified atom stereocenters. The Balaban J connectivity index is 2.21. The lowest BCUT2D eigenvalue weighted by Crippen LogP contribution is -2.28. The first-order valence-electron chi connectivity index (χ1n) is 6.48. The largest absolute Gasteiger partial charge is 0.377 e. The van der Waals surface area contributed by atoms with Crippen LogP contribution >= 0.6 is 11.8 Å². The van der Waals surface area contributed by atoms with Crippen LogP contribution in [0.2, 0.25) is 0 Å². The number of methoxy groups -OCH3 is 1. The summed E-state index contributed by atoms with van der Waals surface area (Å²) < 4.78 is 12.7. The van der Waals surface area contributed by atoms with E-state index in [0.29, 0.717) is 29.7 Å². The smallest absolute Gasteiger partial charge is 0.265 e. The van der Waals surface area contributed by atoms with Crippen LogP contribution < -0.4 is 5.73 Å². The first-order chi connectivity index (χ1) is 10.2. The Hall–Kier alpha value is -1.64. The Kier molecular flexibility index (Phi) is 3.83. The van der Waals surface area contributed by atoms with E-state index >= 15 is 0 Å². The average Bonchev–Trinajstić information content (AvgIpc) is 3.09. The van der Waals surface area contributed by atoms with Crippen LogP contribution in [0.5, 0.6) is 0 Å². The van der Waals surface area contributed by atoms with Crippen molar-refractivity contribution in [3.63, 3.8) is 0 Å². The van der Waals surface area contributed by atoms with Gasteiger partial charge < -0.3 is 19.8 Å². The molecule has 1 aliphatic rings. The molecule has 2 N–H and O–H groups in total. The van der Waals surface area contributed by atoms with Crippen LogP contribution in [0, 0.1) is 0 Å². The van der Waals surface area contributed by atoms with Crippen molar-refractivity contribution in [2.45, 2.75) is 17.3 Å². The molecule has 8 heteroatoms. The number of nitrogens with zero attached hydrogens (tertiary/aromatic N) is 3. The van der Waals surface area contributed by atoms with Gasteiger partial charge in [0.25, 0.3) is 5.91 Å². The maximum atomic E-state index is 11.8. The quantitative estimate of drug-likeness (QED) is 0.664. The van der Waals surface area contributed by atoms with Gasteiger partial charge in [0.1, 0.15) is 17.4 Å². The van der Waals surface area contributed by atoms with E-state index in [0.717, 1.165) is 5.39 Å². The van der Waals surface area contributed by atoms with Gasteiger partial charge in [-0.15, -0.1) is 0 Å². The molecule has 3 rings (SSSR count). The number of primary amides is 1. The molecule has 7 nitrogen and oxygen atoms in total. The van der Waals surface area contributed by atoms with Gasteiger partial charge in [-0.3, -0.25) is 4.79 Å². The van der Waals surface area contributed by atoms with E-state index < -0.39 is 5.91 Å². The van der Waals surface area contributed by atoms with Crippen molar-refractivity contribution in [2.24, 2.45) is 5.73 Å². The van der Waals surface area contributed by atoms with Crippen molar-refractivity contribution >= 4 is 28.7 Å². The molecule has 112 valence electrons. The molecule has 0 bridgehead atoms. The number of thioether (sulfide) groups is 1. The fourth-order valence-corrected chi connectivity index (χ4v) is 2.94. The second-order valence-electron chi connectivity index (χ2n) is 4.78. The second-order valence-corrected chi connectivity index (χ2v) is 5.55. The number of nitrogens with two attached hydrogens (primary N) is 1. The molecule has 1 aliphatic heterocycles. The summed E-state index contributed by atoms with van der Waals surface area (Å²) in [6, 6.07) is 1.59. The summed E-state index contributed by atoms with van der Waals surface area (Å²) in [6.07, 6.45) is 3.47. The molecule has 2 atom stereocenters. The van der Waals surface area contributed by atoms with E-state index in [1.54, 1.807) is 19.4 Å². The Labute approximate surface area is 125 Å². The first-order valence-corrected chi connectivity index (χ1v) is 7.70. The van der Waals surface area contributed by atoms with Gasteiger partial charge in [0, 0.05) is 18.7 Å². The third-order valence-corrected chi connectivity index (χ3v) is 4.18. The highest BCUT2D eigenvalue weighted by atomic mass is 32.2. The standard InChI is InChI=1S/C13H16N4O3S/c1-19-10-6-20-5-9(10)17-8(11(14)18)3-7-4-15-13(21-2)16-12(7)17/h3-4,9-10H,5-6H2,1-2H3,(H2,14,18)/t9-,10+/m1/s1. The summed E-state index contributed by atoms with van der Waals surface area (Å²) in [7, 11) is 1.63. The Bertz CT molecular complexity index is 687. The average molecular weight is 308 g/mol. The Morgan fingerprint density at radius 1 is 1.57 bits per heavy atom. The Morgan fingerprint density at radius 3 is 3.05 bits per heavy atom. The first kappa shape index (κ1) is 14.3. The molecular weight excluding hydrogens is 292 g/mol. The van der Waals surface area contributed by atoms with Gasteiger partial charge in [-0.05, 0) is 12.3 Å². The summed E-state index contributed by atoms with van der Waals surface area (Å²) in [4.78, 5) is 20.5. The minimum absolute atomic E-state index is 0.125. The fourth-order valence-electron chi connectivity index (χ4n) is 2.61. The van der Waals surface area contributed by atoms with Gasteiger partial charge in [0.05, 0.1) is 19.3 Å². The molecule has 0 radical (unpaired) electrons. The molecule has 1 fully saturated rings. The van der Waals surface area contributed by atoms with Crippen LogP contribution in [0.15, 0.2) is 17.4 Å². The predicted octanol–water partition coefficient (Wildman–Crippen LogP) is 0.838. The number of hydrogen-bond donors (Lipinski definition) is 1. The minimum atomic E-state index is -0.500. The van der Waals surface area contributed by atoms with Crippen LogP contribution in [0.1, 0.15) is 16.5 Å². The third-order valence-electron chi connectivity index (χ3n) is 3.62. The van der Waals surface area contributed by atoms with Gasteiger partial charge >= 0.3 is 0 Å². The maximum Gasteiger partial charge on any atom is 0.265 e. The molecule has 21 heavy (non-hydrogen) atoms. The van der Waals surface area contributed by atoms with Crippen LogP contribution in [0.3, 0.4) is 0 Å². The molecule has 0 aromatic carbocycles. The van der Waals surface area contributed by atoms with Crippen LogP contribution in [0.25, 0.3) is 11.0 Å². The highest BCUT2D eigenvalue weighted by molar-refractivity contribution is 7.98. The molecule has 1 saturated heterocycles. The molecule has 0 saturated carbocycles. The maximum absolute atomic E-state index is 11.8. The van der Waals surface area contributed by atoms with Gasteiger partial charge in [-0.25, -0.2) is 9.97 Å². The summed E-state index contributed by atoms with van der Waals surface area (Å²) >= 11 is 1.44.